The van der Waals surface area contributed by atoms with Crippen LogP contribution in [0.4, 0.5) is 4.79 Å². The first-order chi connectivity index (χ1) is 7.99. The number of carbonyl (C=O) groups excluding carboxylic acids is 1. The molecule has 0 saturated carbocycles. The maximum absolute atomic E-state index is 11.6. The van der Waals surface area contributed by atoms with Crippen LogP contribution in [-0.2, 0) is 9.53 Å². The van der Waals surface area contributed by atoms with Crippen LogP contribution in [0.1, 0.15) is 20.3 Å². The molecule has 0 bridgehead atoms. The number of hydrogen-bond donors (Lipinski definition) is 1. The summed E-state index contributed by atoms with van der Waals surface area (Å²) in [4.78, 5) is 25.7. The summed E-state index contributed by atoms with van der Waals surface area (Å²) in [6.07, 6.45) is -0.235. The summed E-state index contributed by atoms with van der Waals surface area (Å²) in [6.45, 7) is 6.81. The van der Waals surface area contributed by atoms with E-state index in [1.54, 1.807) is 4.90 Å². The van der Waals surface area contributed by atoms with Gasteiger partial charge in [0, 0.05) is 32.7 Å². The second-order valence-corrected chi connectivity index (χ2v) is 4.40. The van der Waals surface area contributed by atoms with Gasteiger partial charge in [-0.05, 0) is 13.8 Å². The van der Waals surface area contributed by atoms with Gasteiger partial charge in [0.25, 0.3) is 0 Å². The summed E-state index contributed by atoms with van der Waals surface area (Å²) in [5.41, 5.74) is 0. The maximum atomic E-state index is 11.6. The van der Waals surface area contributed by atoms with E-state index in [1.165, 1.54) is 0 Å². The van der Waals surface area contributed by atoms with E-state index in [0.717, 1.165) is 0 Å². The molecule has 1 aliphatic heterocycles. The number of amides is 1. The molecular formula is C11H20N2O4. The average molecular weight is 244 g/mol. The summed E-state index contributed by atoms with van der Waals surface area (Å²) >= 11 is 0. The Morgan fingerprint density at radius 3 is 2.29 bits per heavy atom. The smallest absolute Gasteiger partial charge is 0.410 e. The van der Waals surface area contributed by atoms with Crippen LogP contribution in [0.15, 0.2) is 0 Å². The zero-order chi connectivity index (χ0) is 12.8. The van der Waals surface area contributed by atoms with E-state index in [2.05, 4.69) is 0 Å². The molecule has 1 rings (SSSR count). The molecule has 1 heterocycles. The second kappa shape index (κ2) is 6.44. The van der Waals surface area contributed by atoms with Crippen LogP contribution < -0.4 is 0 Å². The third-order valence-electron chi connectivity index (χ3n) is 2.61. The molecule has 1 amide bonds. The normalized spacial score (nSPS) is 17.2. The fraction of sp³-hybridized carbons (Fsp3) is 0.818. The Hall–Kier alpha value is -1.30. The van der Waals surface area contributed by atoms with Crippen LogP contribution in [0.3, 0.4) is 0 Å². The Morgan fingerprint density at radius 2 is 1.82 bits per heavy atom. The van der Waals surface area contributed by atoms with E-state index in [0.29, 0.717) is 32.7 Å². The van der Waals surface area contributed by atoms with Crippen molar-refractivity contribution in [3.63, 3.8) is 0 Å². The van der Waals surface area contributed by atoms with Gasteiger partial charge in [-0.15, -0.1) is 0 Å². The Morgan fingerprint density at radius 1 is 1.24 bits per heavy atom. The minimum absolute atomic E-state index is 0.104. The number of rotatable bonds is 4. The molecule has 98 valence electrons. The number of piperazine rings is 1. The highest BCUT2D eigenvalue weighted by Crippen LogP contribution is 2.05. The van der Waals surface area contributed by atoms with Crippen molar-refractivity contribution in [1.29, 1.82) is 0 Å². The molecule has 17 heavy (non-hydrogen) atoms. The molecule has 0 radical (unpaired) electrons. The number of carboxylic acid groups (broad SMARTS) is 1. The van der Waals surface area contributed by atoms with Crippen LogP contribution in [0.2, 0.25) is 0 Å². The van der Waals surface area contributed by atoms with E-state index in [-0.39, 0.29) is 18.6 Å². The third-order valence-corrected chi connectivity index (χ3v) is 2.61. The minimum atomic E-state index is -0.786. The van der Waals surface area contributed by atoms with E-state index in [4.69, 9.17) is 9.84 Å². The van der Waals surface area contributed by atoms with E-state index in [1.807, 2.05) is 18.7 Å². The SMILES string of the molecule is CC(C)OC(=O)N1CCN(CCC(=O)O)CC1. The Labute approximate surface area is 101 Å². The van der Waals surface area contributed by atoms with Crippen LogP contribution in [-0.4, -0.2) is 65.8 Å². The lowest BCUT2D eigenvalue weighted by Gasteiger charge is -2.34. The van der Waals surface area contributed by atoms with Crippen molar-refractivity contribution in [2.45, 2.75) is 26.4 Å². The van der Waals surface area contributed by atoms with Crippen molar-refractivity contribution >= 4 is 12.1 Å². The van der Waals surface area contributed by atoms with Crippen molar-refractivity contribution in [2.75, 3.05) is 32.7 Å². The Kier molecular flexibility index (Phi) is 5.21. The van der Waals surface area contributed by atoms with Crippen LogP contribution in [0.25, 0.3) is 0 Å². The number of carbonyl (C=O) groups is 2. The molecule has 0 unspecified atom stereocenters. The highest BCUT2D eigenvalue weighted by molar-refractivity contribution is 5.68. The first-order valence-electron chi connectivity index (χ1n) is 5.88. The van der Waals surface area contributed by atoms with Gasteiger partial charge in [0.1, 0.15) is 0 Å². The molecule has 0 spiro atoms. The fourth-order valence-electron chi connectivity index (χ4n) is 1.68. The maximum Gasteiger partial charge on any atom is 0.410 e. The van der Waals surface area contributed by atoms with E-state index < -0.39 is 5.97 Å². The molecule has 6 nitrogen and oxygen atoms in total. The molecule has 0 atom stereocenters. The van der Waals surface area contributed by atoms with Gasteiger partial charge in [-0.25, -0.2) is 4.79 Å². The van der Waals surface area contributed by atoms with E-state index >= 15 is 0 Å². The van der Waals surface area contributed by atoms with Gasteiger partial charge >= 0.3 is 12.1 Å². The molecule has 1 saturated heterocycles. The van der Waals surface area contributed by atoms with Gasteiger partial charge in [0.05, 0.1) is 12.5 Å². The van der Waals surface area contributed by atoms with Crippen molar-refractivity contribution in [3.05, 3.63) is 0 Å². The minimum Gasteiger partial charge on any atom is -0.481 e. The van der Waals surface area contributed by atoms with Gasteiger partial charge < -0.3 is 14.7 Å². The summed E-state index contributed by atoms with van der Waals surface area (Å²) < 4.78 is 5.10. The molecule has 1 aliphatic rings. The molecule has 1 N–H and O–H groups in total. The number of hydrogen-bond acceptors (Lipinski definition) is 4. The highest BCUT2D eigenvalue weighted by atomic mass is 16.6. The molecule has 0 aromatic heterocycles. The quantitative estimate of drug-likeness (QED) is 0.785. The highest BCUT2D eigenvalue weighted by Gasteiger charge is 2.22. The summed E-state index contributed by atoms with van der Waals surface area (Å²) in [6, 6.07) is 0. The summed E-state index contributed by atoms with van der Waals surface area (Å²) in [5.74, 6) is -0.786. The molecule has 0 aliphatic carbocycles. The molecular weight excluding hydrogens is 224 g/mol. The van der Waals surface area contributed by atoms with E-state index in [9.17, 15) is 9.59 Å². The summed E-state index contributed by atoms with van der Waals surface area (Å²) in [5, 5.41) is 8.57. The number of ether oxygens (including phenoxy) is 1. The van der Waals surface area contributed by atoms with Gasteiger partial charge in [0.15, 0.2) is 0 Å². The van der Waals surface area contributed by atoms with Gasteiger partial charge in [-0.1, -0.05) is 0 Å². The lowest BCUT2D eigenvalue weighted by Crippen LogP contribution is -2.49. The third kappa shape index (κ3) is 5.04. The largest absolute Gasteiger partial charge is 0.481 e. The van der Waals surface area contributed by atoms with Crippen molar-refractivity contribution < 1.29 is 19.4 Å². The van der Waals surface area contributed by atoms with Crippen molar-refractivity contribution in [3.8, 4) is 0 Å². The Balaban J connectivity index is 2.25. The first-order valence-corrected chi connectivity index (χ1v) is 5.88. The monoisotopic (exact) mass is 244 g/mol. The van der Waals surface area contributed by atoms with Gasteiger partial charge in [0.2, 0.25) is 0 Å². The standard InChI is InChI=1S/C11H20N2O4/c1-9(2)17-11(16)13-7-5-12(6-8-13)4-3-10(14)15/h9H,3-8H2,1-2H3,(H,14,15). The van der Waals surface area contributed by atoms with Gasteiger partial charge in [-0.3, -0.25) is 9.69 Å². The Bertz CT molecular complexity index is 273. The zero-order valence-corrected chi connectivity index (χ0v) is 10.4. The predicted octanol–water partition coefficient (Wildman–Crippen LogP) is 0.624. The number of carboxylic acids is 1. The van der Waals surface area contributed by atoms with Crippen LogP contribution >= 0.6 is 0 Å². The lowest BCUT2D eigenvalue weighted by atomic mass is 10.3. The topological polar surface area (TPSA) is 70.1 Å². The molecule has 1 fully saturated rings. The molecule has 6 heteroatoms. The average Bonchev–Trinajstić information content (AvgIpc) is 2.26. The van der Waals surface area contributed by atoms with Crippen LogP contribution in [0.5, 0.6) is 0 Å². The van der Waals surface area contributed by atoms with Crippen LogP contribution in [0, 0.1) is 0 Å². The van der Waals surface area contributed by atoms with Gasteiger partial charge in [-0.2, -0.15) is 0 Å². The fourth-order valence-corrected chi connectivity index (χ4v) is 1.68. The summed E-state index contributed by atoms with van der Waals surface area (Å²) in [7, 11) is 0. The lowest BCUT2D eigenvalue weighted by molar-refractivity contribution is -0.137. The number of nitrogens with zero attached hydrogens (tertiary/aromatic N) is 2. The van der Waals surface area contributed by atoms with Crippen molar-refractivity contribution in [1.82, 2.24) is 9.80 Å². The molecule has 0 aromatic rings. The zero-order valence-electron chi connectivity index (χ0n) is 10.4. The second-order valence-electron chi connectivity index (χ2n) is 4.40. The predicted molar refractivity (Wildman–Crippen MR) is 61.9 cm³/mol. The molecule has 0 aromatic carbocycles. The van der Waals surface area contributed by atoms with Crippen molar-refractivity contribution in [2.24, 2.45) is 0 Å². The number of aliphatic carboxylic acids is 1. The first kappa shape index (κ1) is 13.8.